The van der Waals surface area contributed by atoms with Gasteiger partial charge in [0.25, 0.3) is 0 Å². The molecule has 0 aliphatic rings. The van der Waals surface area contributed by atoms with Crippen molar-refractivity contribution in [3.8, 4) is 0 Å². The van der Waals surface area contributed by atoms with Crippen molar-refractivity contribution in [3.05, 3.63) is 68.1 Å². The summed E-state index contributed by atoms with van der Waals surface area (Å²) in [4.78, 5) is 0. The molecule has 2 aromatic rings. The largest absolute Gasteiger partial charge is 0.126 e. The van der Waals surface area contributed by atoms with E-state index in [1.165, 1.54) is 11.1 Å². The zero-order chi connectivity index (χ0) is 14.5. The summed E-state index contributed by atoms with van der Waals surface area (Å²) < 4.78 is 1.10. The average Bonchev–Trinajstić information content (AvgIpc) is 2.42. The average molecular weight is 393 g/mol. The molecule has 106 valence electrons. The molecule has 2 rings (SSSR count). The van der Waals surface area contributed by atoms with Crippen LogP contribution in [0.1, 0.15) is 11.1 Å². The Bertz CT molecular complexity index is 584. The Morgan fingerprint density at radius 2 is 1.60 bits per heavy atom. The molecule has 0 saturated carbocycles. The smallest absolute Gasteiger partial charge is 0.0595 e. The van der Waals surface area contributed by atoms with Gasteiger partial charge in [0.1, 0.15) is 0 Å². The predicted molar refractivity (Wildman–Crippen MR) is 92.2 cm³/mol. The molecule has 0 amide bonds. The fourth-order valence-corrected chi connectivity index (χ4v) is 3.16. The molecule has 0 heterocycles. The van der Waals surface area contributed by atoms with Crippen LogP contribution in [0.4, 0.5) is 0 Å². The first-order valence-corrected chi connectivity index (χ1v) is 8.41. The van der Waals surface area contributed by atoms with Crippen LogP contribution in [0.25, 0.3) is 0 Å². The summed E-state index contributed by atoms with van der Waals surface area (Å²) in [5.41, 5.74) is 2.45. The second-order valence-electron chi connectivity index (χ2n) is 4.81. The molecule has 0 aliphatic heterocycles. The quantitative estimate of drug-likeness (QED) is 0.517. The van der Waals surface area contributed by atoms with Crippen molar-refractivity contribution in [2.24, 2.45) is 5.92 Å². The summed E-state index contributed by atoms with van der Waals surface area (Å²) in [5, 5.41) is 1.18. The number of benzene rings is 2. The van der Waals surface area contributed by atoms with Crippen molar-refractivity contribution in [3.63, 3.8) is 0 Å². The van der Waals surface area contributed by atoms with Crippen LogP contribution in [0.15, 0.2) is 46.9 Å². The van der Waals surface area contributed by atoms with Crippen LogP contribution in [0.5, 0.6) is 0 Å². The molecule has 4 heteroatoms. The molecule has 0 spiro atoms. The maximum Gasteiger partial charge on any atom is 0.0595 e. The first kappa shape index (κ1) is 16.2. The van der Waals surface area contributed by atoms with Crippen LogP contribution in [0.2, 0.25) is 10.0 Å². The highest BCUT2D eigenvalue weighted by atomic mass is 79.9. The minimum atomic E-state index is 0.378. The third-order valence-corrected chi connectivity index (χ3v) is 4.81. The molecular formula is C16H14BrCl3. The molecule has 0 fully saturated rings. The lowest BCUT2D eigenvalue weighted by atomic mass is 9.94. The molecular weight excluding hydrogens is 378 g/mol. The topological polar surface area (TPSA) is 0 Å². The van der Waals surface area contributed by atoms with Gasteiger partial charge in [0.15, 0.2) is 0 Å². The monoisotopic (exact) mass is 390 g/mol. The van der Waals surface area contributed by atoms with E-state index in [2.05, 4.69) is 28.1 Å². The van der Waals surface area contributed by atoms with Gasteiger partial charge in [-0.15, -0.1) is 11.6 Å². The van der Waals surface area contributed by atoms with Crippen molar-refractivity contribution in [2.75, 3.05) is 5.88 Å². The lowest BCUT2D eigenvalue weighted by Gasteiger charge is -2.15. The summed E-state index contributed by atoms with van der Waals surface area (Å²) in [6.07, 6.45) is 1.84. The molecule has 0 radical (unpaired) electrons. The summed E-state index contributed by atoms with van der Waals surface area (Å²) >= 11 is 21.6. The summed E-state index contributed by atoms with van der Waals surface area (Å²) in [5.74, 6) is 0.996. The fourth-order valence-electron chi connectivity index (χ4n) is 2.18. The molecule has 20 heavy (non-hydrogen) atoms. The van der Waals surface area contributed by atoms with E-state index >= 15 is 0 Å². The van der Waals surface area contributed by atoms with E-state index < -0.39 is 0 Å². The maximum atomic E-state index is 6.11. The van der Waals surface area contributed by atoms with E-state index in [9.17, 15) is 0 Å². The van der Waals surface area contributed by atoms with Crippen molar-refractivity contribution >= 4 is 50.7 Å². The van der Waals surface area contributed by atoms with Crippen molar-refractivity contribution in [1.82, 2.24) is 0 Å². The van der Waals surface area contributed by atoms with E-state index in [0.717, 1.165) is 17.3 Å². The lowest BCUT2D eigenvalue weighted by Crippen LogP contribution is -2.10. The zero-order valence-corrected chi connectivity index (χ0v) is 14.6. The highest BCUT2D eigenvalue weighted by Crippen LogP contribution is 2.25. The van der Waals surface area contributed by atoms with Crippen LogP contribution < -0.4 is 0 Å². The van der Waals surface area contributed by atoms with Gasteiger partial charge >= 0.3 is 0 Å². The molecule has 0 aliphatic carbocycles. The van der Waals surface area contributed by atoms with E-state index in [-0.39, 0.29) is 0 Å². The molecule has 1 atom stereocenters. The van der Waals surface area contributed by atoms with Gasteiger partial charge in [0.2, 0.25) is 0 Å². The van der Waals surface area contributed by atoms with Crippen LogP contribution in [-0.4, -0.2) is 5.88 Å². The van der Waals surface area contributed by atoms with Crippen molar-refractivity contribution in [2.45, 2.75) is 12.8 Å². The van der Waals surface area contributed by atoms with Crippen LogP contribution in [-0.2, 0) is 12.8 Å². The van der Waals surface area contributed by atoms with E-state index in [4.69, 9.17) is 34.8 Å². The van der Waals surface area contributed by atoms with Crippen LogP contribution in [0.3, 0.4) is 0 Å². The number of hydrogen-bond donors (Lipinski definition) is 0. The third kappa shape index (κ3) is 4.66. The minimum absolute atomic E-state index is 0.378. The first-order chi connectivity index (χ1) is 9.58. The van der Waals surface area contributed by atoms with Gasteiger partial charge in [-0.2, -0.15) is 0 Å². The fraction of sp³-hybridized carbons (Fsp3) is 0.250. The Balaban J connectivity index is 2.07. The standard InChI is InChI=1S/C16H14BrCl3/c17-14-3-1-2-11(8-14)6-13(10-18)7-12-4-5-15(19)16(20)9-12/h1-5,8-9,13H,6-7,10H2. The van der Waals surface area contributed by atoms with Crippen LogP contribution in [0, 0.1) is 5.92 Å². The number of halogens is 4. The van der Waals surface area contributed by atoms with E-state index in [0.29, 0.717) is 21.8 Å². The Morgan fingerprint density at radius 1 is 0.900 bits per heavy atom. The van der Waals surface area contributed by atoms with Gasteiger partial charge in [-0.25, -0.2) is 0 Å². The Kier molecular flexibility index (Phi) is 6.22. The van der Waals surface area contributed by atoms with Gasteiger partial charge in [0, 0.05) is 10.4 Å². The van der Waals surface area contributed by atoms with Gasteiger partial charge in [0.05, 0.1) is 10.0 Å². The summed E-state index contributed by atoms with van der Waals surface area (Å²) in [7, 11) is 0. The van der Waals surface area contributed by atoms with E-state index in [1.54, 1.807) is 0 Å². The third-order valence-electron chi connectivity index (χ3n) is 3.14. The molecule has 0 N–H and O–H groups in total. The Labute approximate surface area is 143 Å². The van der Waals surface area contributed by atoms with Gasteiger partial charge in [-0.1, -0.05) is 57.3 Å². The first-order valence-electron chi connectivity index (χ1n) is 6.33. The van der Waals surface area contributed by atoms with Crippen molar-refractivity contribution < 1.29 is 0 Å². The second kappa shape index (κ2) is 7.70. The van der Waals surface area contributed by atoms with Crippen molar-refractivity contribution in [1.29, 1.82) is 0 Å². The molecule has 1 unspecified atom stereocenters. The highest BCUT2D eigenvalue weighted by Gasteiger charge is 2.11. The summed E-state index contributed by atoms with van der Waals surface area (Å²) in [6.45, 7) is 0. The molecule has 0 aromatic heterocycles. The maximum absolute atomic E-state index is 6.11. The van der Waals surface area contributed by atoms with E-state index in [1.807, 2.05) is 30.3 Å². The minimum Gasteiger partial charge on any atom is -0.126 e. The highest BCUT2D eigenvalue weighted by molar-refractivity contribution is 9.10. The molecule has 2 aromatic carbocycles. The van der Waals surface area contributed by atoms with Gasteiger partial charge in [-0.05, 0) is 54.2 Å². The predicted octanol–water partition coefficient (Wildman–Crippen LogP) is 6.40. The zero-order valence-electron chi connectivity index (χ0n) is 10.8. The van der Waals surface area contributed by atoms with Crippen LogP contribution >= 0.6 is 50.7 Å². The Hall–Kier alpha value is -0.210. The summed E-state index contributed by atoms with van der Waals surface area (Å²) in [6, 6.07) is 14.1. The number of alkyl halides is 1. The molecule has 0 bridgehead atoms. The normalized spacial score (nSPS) is 12.4. The number of rotatable bonds is 5. The molecule has 0 saturated heterocycles. The molecule has 0 nitrogen and oxygen atoms in total. The SMILES string of the molecule is ClCC(Cc1cccc(Br)c1)Cc1ccc(Cl)c(Cl)c1. The van der Waals surface area contributed by atoms with Gasteiger partial charge in [-0.3, -0.25) is 0 Å². The Morgan fingerprint density at radius 3 is 2.20 bits per heavy atom. The second-order valence-corrected chi connectivity index (χ2v) is 6.85. The lowest BCUT2D eigenvalue weighted by molar-refractivity contribution is 0.584. The number of hydrogen-bond acceptors (Lipinski definition) is 0. The van der Waals surface area contributed by atoms with Gasteiger partial charge < -0.3 is 0 Å².